The SMILES string of the molecule is C=CC(=O)N1CCCC(C(=O)N2Cc3c(ccc(F)c3Br)CC2C)C1. The van der Waals surface area contributed by atoms with E-state index >= 15 is 0 Å². The first kappa shape index (κ1) is 18.1. The number of hydrogen-bond donors (Lipinski definition) is 0. The zero-order valence-corrected chi connectivity index (χ0v) is 15.9. The third kappa shape index (κ3) is 3.50. The number of fused-ring (bicyclic) bond motifs is 1. The molecule has 0 aromatic heterocycles. The van der Waals surface area contributed by atoms with Crippen molar-refractivity contribution >= 4 is 27.7 Å². The van der Waals surface area contributed by atoms with Crippen molar-refractivity contribution in [2.24, 2.45) is 5.92 Å². The van der Waals surface area contributed by atoms with Crippen LogP contribution in [0.2, 0.25) is 0 Å². The Labute approximate surface area is 155 Å². The highest BCUT2D eigenvalue weighted by atomic mass is 79.9. The maximum Gasteiger partial charge on any atom is 0.245 e. The second-order valence-electron chi connectivity index (χ2n) is 6.85. The molecule has 2 aliphatic rings. The molecule has 0 saturated carbocycles. The molecule has 0 N–H and O–H groups in total. The topological polar surface area (TPSA) is 40.6 Å². The first-order valence-electron chi connectivity index (χ1n) is 8.60. The summed E-state index contributed by atoms with van der Waals surface area (Å²) in [6.07, 6.45) is 3.60. The minimum Gasteiger partial charge on any atom is -0.338 e. The van der Waals surface area contributed by atoms with Gasteiger partial charge in [-0.05, 0) is 65.4 Å². The minimum atomic E-state index is -0.305. The van der Waals surface area contributed by atoms with E-state index in [2.05, 4.69) is 22.5 Å². The van der Waals surface area contributed by atoms with Gasteiger partial charge in [-0.2, -0.15) is 0 Å². The van der Waals surface area contributed by atoms with E-state index in [0.29, 0.717) is 30.5 Å². The van der Waals surface area contributed by atoms with Crippen molar-refractivity contribution in [3.05, 3.63) is 46.2 Å². The zero-order valence-electron chi connectivity index (χ0n) is 14.3. The summed E-state index contributed by atoms with van der Waals surface area (Å²) in [4.78, 5) is 28.5. The number of benzene rings is 1. The Morgan fingerprint density at radius 2 is 2.16 bits per heavy atom. The molecule has 2 heterocycles. The van der Waals surface area contributed by atoms with Gasteiger partial charge >= 0.3 is 0 Å². The largest absolute Gasteiger partial charge is 0.338 e. The van der Waals surface area contributed by atoms with Crippen molar-refractivity contribution in [1.82, 2.24) is 9.80 Å². The fourth-order valence-corrected chi connectivity index (χ4v) is 4.30. The van der Waals surface area contributed by atoms with E-state index in [-0.39, 0.29) is 29.6 Å². The molecule has 6 heteroatoms. The van der Waals surface area contributed by atoms with Gasteiger partial charge in [0.2, 0.25) is 11.8 Å². The van der Waals surface area contributed by atoms with Gasteiger partial charge in [0.05, 0.1) is 10.4 Å². The van der Waals surface area contributed by atoms with Gasteiger partial charge in [0, 0.05) is 25.7 Å². The van der Waals surface area contributed by atoms with Crippen LogP contribution in [0.25, 0.3) is 0 Å². The van der Waals surface area contributed by atoms with Crippen molar-refractivity contribution in [3.63, 3.8) is 0 Å². The van der Waals surface area contributed by atoms with E-state index in [9.17, 15) is 14.0 Å². The van der Waals surface area contributed by atoms with Gasteiger partial charge in [-0.3, -0.25) is 9.59 Å². The van der Waals surface area contributed by atoms with Crippen LogP contribution in [-0.2, 0) is 22.6 Å². The van der Waals surface area contributed by atoms with E-state index < -0.39 is 0 Å². The van der Waals surface area contributed by atoms with Crippen molar-refractivity contribution in [1.29, 1.82) is 0 Å². The highest BCUT2D eigenvalue weighted by Gasteiger charge is 2.35. The predicted octanol–water partition coefficient (Wildman–Crippen LogP) is 3.29. The third-order valence-electron chi connectivity index (χ3n) is 5.21. The summed E-state index contributed by atoms with van der Waals surface area (Å²) in [7, 11) is 0. The zero-order chi connectivity index (χ0) is 18.1. The molecular weight excluding hydrogens is 387 g/mol. The fraction of sp³-hybridized carbons (Fsp3) is 0.474. The first-order valence-corrected chi connectivity index (χ1v) is 9.39. The monoisotopic (exact) mass is 408 g/mol. The van der Waals surface area contributed by atoms with Crippen molar-refractivity contribution in [3.8, 4) is 0 Å². The Bertz CT molecular complexity index is 722. The lowest BCUT2D eigenvalue weighted by Crippen LogP contribution is -2.50. The van der Waals surface area contributed by atoms with Crippen LogP contribution in [0.4, 0.5) is 4.39 Å². The lowest BCUT2D eigenvalue weighted by Gasteiger charge is -2.40. The molecule has 1 aromatic rings. The van der Waals surface area contributed by atoms with Crippen molar-refractivity contribution in [2.45, 2.75) is 38.8 Å². The Balaban J connectivity index is 1.79. The number of hydrogen-bond acceptors (Lipinski definition) is 2. The molecular formula is C19H22BrFN2O2. The van der Waals surface area contributed by atoms with Crippen LogP contribution in [0.15, 0.2) is 29.3 Å². The number of rotatable bonds is 2. The highest BCUT2D eigenvalue weighted by molar-refractivity contribution is 9.10. The second kappa shape index (κ2) is 7.28. The van der Waals surface area contributed by atoms with Crippen LogP contribution in [0, 0.1) is 11.7 Å². The summed E-state index contributed by atoms with van der Waals surface area (Å²) < 4.78 is 14.3. The summed E-state index contributed by atoms with van der Waals surface area (Å²) in [6.45, 7) is 7.05. The van der Waals surface area contributed by atoms with Gasteiger partial charge in [0.1, 0.15) is 5.82 Å². The lowest BCUT2D eigenvalue weighted by molar-refractivity contribution is -0.142. The molecule has 4 nitrogen and oxygen atoms in total. The van der Waals surface area contributed by atoms with Gasteiger partial charge in [-0.15, -0.1) is 0 Å². The van der Waals surface area contributed by atoms with Crippen LogP contribution >= 0.6 is 15.9 Å². The summed E-state index contributed by atoms with van der Waals surface area (Å²) in [6, 6.07) is 3.33. The molecule has 0 aliphatic carbocycles. The number of piperidine rings is 1. The normalized spacial score (nSPS) is 23.2. The molecule has 1 aromatic carbocycles. The summed E-state index contributed by atoms with van der Waals surface area (Å²) in [5.74, 6) is -0.578. The number of carbonyl (C=O) groups excluding carboxylic acids is 2. The molecule has 2 unspecified atom stereocenters. The Morgan fingerprint density at radius 1 is 1.40 bits per heavy atom. The molecule has 0 spiro atoms. The average molecular weight is 409 g/mol. The standard InChI is InChI=1S/C19H22BrFN2O2/c1-3-17(24)22-8-4-5-14(10-22)19(25)23-11-15-13(9-12(23)2)6-7-16(21)18(15)20/h3,6-7,12,14H,1,4-5,8-11H2,2H3. The number of halogens is 2. The van der Waals surface area contributed by atoms with E-state index in [4.69, 9.17) is 0 Å². The van der Waals surface area contributed by atoms with Gasteiger partial charge < -0.3 is 9.80 Å². The second-order valence-corrected chi connectivity index (χ2v) is 7.64. The molecule has 134 valence electrons. The summed E-state index contributed by atoms with van der Waals surface area (Å²) in [5.41, 5.74) is 1.93. The number of likely N-dealkylation sites (tertiary alicyclic amines) is 1. The molecule has 25 heavy (non-hydrogen) atoms. The lowest BCUT2D eigenvalue weighted by atomic mass is 9.91. The molecule has 2 atom stereocenters. The van der Waals surface area contributed by atoms with E-state index in [0.717, 1.165) is 24.0 Å². The van der Waals surface area contributed by atoms with Crippen LogP contribution in [-0.4, -0.2) is 40.7 Å². The van der Waals surface area contributed by atoms with E-state index in [1.165, 1.54) is 12.1 Å². The van der Waals surface area contributed by atoms with Gasteiger partial charge in [-0.25, -0.2) is 4.39 Å². The van der Waals surface area contributed by atoms with Crippen LogP contribution < -0.4 is 0 Å². The third-order valence-corrected chi connectivity index (χ3v) is 6.07. The molecule has 0 bridgehead atoms. The predicted molar refractivity (Wildman–Crippen MR) is 97.3 cm³/mol. The van der Waals surface area contributed by atoms with Crippen LogP contribution in [0.1, 0.15) is 30.9 Å². The van der Waals surface area contributed by atoms with Crippen molar-refractivity contribution < 1.29 is 14.0 Å². The van der Waals surface area contributed by atoms with Crippen molar-refractivity contribution in [2.75, 3.05) is 13.1 Å². The minimum absolute atomic E-state index is 0.0517. The quantitative estimate of drug-likeness (QED) is 0.704. The maximum atomic E-state index is 13.9. The van der Waals surface area contributed by atoms with Gasteiger partial charge in [-0.1, -0.05) is 12.6 Å². The molecule has 2 aliphatic heterocycles. The molecule has 1 fully saturated rings. The Hall–Kier alpha value is -1.69. The molecule has 0 radical (unpaired) electrons. The fourth-order valence-electron chi connectivity index (χ4n) is 3.79. The van der Waals surface area contributed by atoms with Gasteiger partial charge in [0.15, 0.2) is 0 Å². The molecule has 3 rings (SSSR count). The van der Waals surface area contributed by atoms with Crippen LogP contribution in [0.3, 0.4) is 0 Å². The highest BCUT2D eigenvalue weighted by Crippen LogP contribution is 2.33. The smallest absolute Gasteiger partial charge is 0.245 e. The van der Waals surface area contributed by atoms with E-state index in [1.807, 2.05) is 11.8 Å². The molecule has 1 saturated heterocycles. The van der Waals surface area contributed by atoms with Crippen LogP contribution in [0.5, 0.6) is 0 Å². The first-order chi connectivity index (χ1) is 11.9. The Kier molecular flexibility index (Phi) is 5.27. The number of carbonyl (C=O) groups is 2. The average Bonchev–Trinajstić information content (AvgIpc) is 2.63. The van der Waals surface area contributed by atoms with E-state index in [1.54, 1.807) is 11.0 Å². The van der Waals surface area contributed by atoms with Gasteiger partial charge in [0.25, 0.3) is 0 Å². The summed E-state index contributed by atoms with van der Waals surface area (Å²) >= 11 is 3.32. The molecule has 2 amide bonds. The Morgan fingerprint density at radius 3 is 2.88 bits per heavy atom. The number of amides is 2. The maximum absolute atomic E-state index is 13.9. The number of nitrogens with zero attached hydrogens (tertiary/aromatic N) is 2. The summed E-state index contributed by atoms with van der Waals surface area (Å²) in [5, 5.41) is 0.